The second-order valence-electron chi connectivity index (χ2n) is 3.25. The maximum Gasteiger partial charge on any atom is 0.0547 e. The zero-order valence-corrected chi connectivity index (χ0v) is 9.74. The number of nitrogens with zero attached hydrogens (tertiary/aromatic N) is 1. The van der Waals surface area contributed by atoms with Crippen LogP contribution in [0.1, 0.15) is 5.56 Å². The van der Waals surface area contributed by atoms with Crippen LogP contribution < -0.4 is 5.73 Å². The third-order valence-electron chi connectivity index (χ3n) is 2.31. The lowest BCUT2D eigenvalue weighted by atomic mass is 10.0. The number of anilines is 1. The molecule has 0 aliphatic heterocycles. The van der Waals surface area contributed by atoms with E-state index in [9.17, 15) is 0 Å². The molecule has 1 aromatic carbocycles. The Hall–Kier alpha value is -1.35. The Morgan fingerprint density at radius 2 is 1.87 bits per heavy atom. The van der Waals surface area contributed by atoms with Crippen LogP contribution in [0.5, 0.6) is 0 Å². The fourth-order valence-electron chi connectivity index (χ4n) is 1.52. The van der Waals surface area contributed by atoms with Gasteiger partial charge in [0, 0.05) is 17.1 Å². The summed E-state index contributed by atoms with van der Waals surface area (Å²) >= 11 is 3.45. The molecular formula is C12H11BrN2. The van der Waals surface area contributed by atoms with E-state index in [2.05, 4.69) is 33.0 Å². The van der Waals surface area contributed by atoms with Gasteiger partial charge in [0.1, 0.15) is 0 Å². The first-order chi connectivity index (χ1) is 7.33. The summed E-state index contributed by atoms with van der Waals surface area (Å²) in [6, 6.07) is 10.1. The third kappa shape index (κ3) is 2.02. The Labute approximate surface area is 97.3 Å². The van der Waals surface area contributed by atoms with Crippen molar-refractivity contribution < 1.29 is 0 Å². The predicted octanol–water partition coefficient (Wildman–Crippen LogP) is 3.23. The van der Waals surface area contributed by atoms with Gasteiger partial charge in [-0.15, -0.1) is 0 Å². The number of rotatable bonds is 2. The van der Waals surface area contributed by atoms with Gasteiger partial charge in [0.25, 0.3) is 0 Å². The lowest BCUT2D eigenvalue weighted by Gasteiger charge is -2.09. The van der Waals surface area contributed by atoms with E-state index in [0.717, 1.165) is 27.7 Å². The molecule has 0 aliphatic rings. The van der Waals surface area contributed by atoms with E-state index in [4.69, 9.17) is 5.73 Å². The van der Waals surface area contributed by atoms with Crippen LogP contribution in [0.25, 0.3) is 11.1 Å². The van der Waals surface area contributed by atoms with Crippen molar-refractivity contribution in [3.63, 3.8) is 0 Å². The first-order valence-corrected chi connectivity index (χ1v) is 5.79. The van der Waals surface area contributed by atoms with Crippen LogP contribution in [0, 0.1) is 0 Å². The lowest BCUT2D eigenvalue weighted by Crippen LogP contribution is -1.96. The molecule has 0 saturated carbocycles. The van der Waals surface area contributed by atoms with Gasteiger partial charge in [-0.05, 0) is 11.1 Å². The Kier molecular flexibility index (Phi) is 3.02. The highest BCUT2D eigenvalue weighted by molar-refractivity contribution is 9.08. The van der Waals surface area contributed by atoms with Gasteiger partial charge in [-0.1, -0.05) is 46.3 Å². The zero-order chi connectivity index (χ0) is 10.7. The van der Waals surface area contributed by atoms with E-state index in [1.165, 1.54) is 0 Å². The Morgan fingerprint density at radius 3 is 2.53 bits per heavy atom. The minimum absolute atomic E-state index is 0.730. The van der Waals surface area contributed by atoms with Crippen LogP contribution in [0.3, 0.4) is 0 Å². The van der Waals surface area contributed by atoms with Gasteiger partial charge in [0.2, 0.25) is 0 Å². The zero-order valence-electron chi connectivity index (χ0n) is 8.15. The molecule has 2 rings (SSSR count). The van der Waals surface area contributed by atoms with Crippen LogP contribution in [0.2, 0.25) is 0 Å². The van der Waals surface area contributed by atoms with Gasteiger partial charge < -0.3 is 5.73 Å². The summed E-state index contributed by atoms with van der Waals surface area (Å²) in [7, 11) is 0. The van der Waals surface area contributed by atoms with Gasteiger partial charge in [-0.25, -0.2) is 0 Å². The van der Waals surface area contributed by atoms with E-state index in [1.807, 2.05) is 24.4 Å². The average molecular weight is 263 g/mol. The number of nitrogens with two attached hydrogens (primary N) is 1. The fraction of sp³-hybridized carbons (Fsp3) is 0.0833. The van der Waals surface area contributed by atoms with Crippen molar-refractivity contribution >= 4 is 21.6 Å². The first kappa shape index (κ1) is 10.2. The summed E-state index contributed by atoms with van der Waals surface area (Å²) in [6.45, 7) is 0. The van der Waals surface area contributed by atoms with Crippen molar-refractivity contribution in [1.29, 1.82) is 0 Å². The number of nitrogen functional groups attached to an aromatic ring is 1. The molecular weight excluding hydrogens is 252 g/mol. The van der Waals surface area contributed by atoms with Gasteiger partial charge in [-0.3, -0.25) is 4.98 Å². The van der Waals surface area contributed by atoms with Crippen molar-refractivity contribution in [3.05, 3.63) is 48.3 Å². The topological polar surface area (TPSA) is 38.9 Å². The molecule has 2 aromatic rings. The van der Waals surface area contributed by atoms with Crippen molar-refractivity contribution in [1.82, 2.24) is 4.98 Å². The lowest BCUT2D eigenvalue weighted by molar-refractivity contribution is 1.28. The molecule has 76 valence electrons. The molecule has 2 N–H and O–H groups in total. The van der Waals surface area contributed by atoms with E-state index >= 15 is 0 Å². The van der Waals surface area contributed by atoms with Crippen molar-refractivity contribution in [2.45, 2.75) is 5.33 Å². The Bertz CT molecular complexity index is 454. The van der Waals surface area contributed by atoms with E-state index in [0.29, 0.717) is 0 Å². The normalized spacial score (nSPS) is 10.2. The number of pyridine rings is 1. The number of hydrogen-bond acceptors (Lipinski definition) is 2. The molecule has 0 spiro atoms. The molecule has 15 heavy (non-hydrogen) atoms. The van der Waals surface area contributed by atoms with Gasteiger partial charge in [0.15, 0.2) is 0 Å². The summed E-state index contributed by atoms with van der Waals surface area (Å²) in [4.78, 5) is 4.12. The van der Waals surface area contributed by atoms with Crippen LogP contribution in [0.15, 0.2) is 42.7 Å². The van der Waals surface area contributed by atoms with Gasteiger partial charge in [0.05, 0.1) is 11.9 Å². The van der Waals surface area contributed by atoms with Crippen LogP contribution in [-0.2, 0) is 5.33 Å². The second-order valence-corrected chi connectivity index (χ2v) is 3.82. The number of aromatic nitrogens is 1. The monoisotopic (exact) mass is 262 g/mol. The maximum absolute atomic E-state index is 5.88. The predicted molar refractivity (Wildman–Crippen MR) is 66.7 cm³/mol. The van der Waals surface area contributed by atoms with E-state index in [1.54, 1.807) is 6.20 Å². The largest absolute Gasteiger partial charge is 0.397 e. The molecule has 0 atom stereocenters. The first-order valence-electron chi connectivity index (χ1n) is 4.66. The van der Waals surface area contributed by atoms with Crippen LogP contribution in [-0.4, -0.2) is 4.98 Å². The molecule has 2 nitrogen and oxygen atoms in total. The van der Waals surface area contributed by atoms with Crippen LogP contribution >= 0.6 is 15.9 Å². The molecule has 1 heterocycles. The molecule has 0 fully saturated rings. The van der Waals surface area contributed by atoms with E-state index in [-0.39, 0.29) is 0 Å². The minimum atomic E-state index is 0.730. The molecule has 1 aromatic heterocycles. The molecule has 0 saturated heterocycles. The quantitative estimate of drug-likeness (QED) is 0.845. The van der Waals surface area contributed by atoms with Gasteiger partial charge in [-0.2, -0.15) is 0 Å². The molecule has 0 amide bonds. The smallest absolute Gasteiger partial charge is 0.0547 e. The third-order valence-corrected chi connectivity index (χ3v) is 2.87. The second kappa shape index (κ2) is 4.45. The molecule has 0 aliphatic carbocycles. The maximum atomic E-state index is 5.88. The molecule has 0 bridgehead atoms. The highest BCUT2D eigenvalue weighted by Crippen LogP contribution is 2.28. The summed E-state index contributed by atoms with van der Waals surface area (Å²) < 4.78 is 0. The number of alkyl halides is 1. The molecule has 0 unspecified atom stereocenters. The van der Waals surface area contributed by atoms with Crippen molar-refractivity contribution in [2.24, 2.45) is 0 Å². The summed E-state index contributed by atoms with van der Waals surface area (Å²) in [5.41, 5.74) is 9.94. The fourth-order valence-corrected chi connectivity index (χ4v) is 2.14. The van der Waals surface area contributed by atoms with Gasteiger partial charge >= 0.3 is 0 Å². The SMILES string of the molecule is Nc1cncc(-c2ccccc2)c1CBr. The highest BCUT2D eigenvalue weighted by atomic mass is 79.9. The van der Waals surface area contributed by atoms with Crippen molar-refractivity contribution in [3.8, 4) is 11.1 Å². The molecule has 3 heteroatoms. The minimum Gasteiger partial charge on any atom is -0.397 e. The summed E-state index contributed by atoms with van der Waals surface area (Å²) in [5.74, 6) is 0. The molecule has 0 radical (unpaired) electrons. The highest BCUT2D eigenvalue weighted by Gasteiger charge is 2.06. The summed E-state index contributed by atoms with van der Waals surface area (Å²) in [6.07, 6.45) is 3.53. The Morgan fingerprint density at radius 1 is 1.13 bits per heavy atom. The van der Waals surface area contributed by atoms with Crippen molar-refractivity contribution in [2.75, 3.05) is 5.73 Å². The number of benzene rings is 1. The number of hydrogen-bond donors (Lipinski definition) is 1. The van der Waals surface area contributed by atoms with E-state index < -0.39 is 0 Å². The Balaban J connectivity index is 2.58. The average Bonchev–Trinajstić information content (AvgIpc) is 2.30. The van der Waals surface area contributed by atoms with Crippen LogP contribution in [0.4, 0.5) is 5.69 Å². The summed E-state index contributed by atoms with van der Waals surface area (Å²) in [5, 5.41) is 0.742. The number of halogens is 1. The standard InChI is InChI=1S/C12H11BrN2/c13-6-10-11(7-15-8-12(10)14)9-4-2-1-3-5-9/h1-5,7-8H,6,14H2.